The van der Waals surface area contributed by atoms with E-state index in [2.05, 4.69) is 15.9 Å². The molecule has 0 heterocycles. The molecule has 110 valence electrons. The average Bonchev–Trinajstić information content (AvgIpc) is 2.38. The minimum atomic E-state index is -0.344. The number of hydrogen-bond donors (Lipinski definition) is 0. The minimum Gasteiger partial charge on any atom is -0.493 e. The van der Waals surface area contributed by atoms with Gasteiger partial charge in [-0.1, -0.05) is 29.8 Å². The molecule has 0 saturated carbocycles. The van der Waals surface area contributed by atoms with Crippen LogP contribution in [0.15, 0.2) is 22.3 Å². The summed E-state index contributed by atoms with van der Waals surface area (Å²) in [5.41, 5.74) is 0.864. The summed E-state index contributed by atoms with van der Waals surface area (Å²) in [6, 6.07) is 3.45. The molecule has 0 unspecified atom stereocenters. The Morgan fingerprint density at radius 3 is 2.35 bits per heavy atom. The van der Waals surface area contributed by atoms with Gasteiger partial charge in [-0.15, -0.1) is 0 Å². The fourth-order valence-electron chi connectivity index (χ4n) is 1.76. The molecular formula is C14H18BrNO4. The molecule has 0 fully saturated rings. The van der Waals surface area contributed by atoms with Gasteiger partial charge in [-0.2, -0.15) is 0 Å². The van der Waals surface area contributed by atoms with Crippen molar-refractivity contribution < 1.29 is 14.4 Å². The van der Waals surface area contributed by atoms with Gasteiger partial charge in [-0.3, -0.25) is 10.1 Å². The maximum Gasteiger partial charge on any atom is 0.247 e. The summed E-state index contributed by atoms with van der Waals surface area (Å²) in [5, 5.41) is 11.1. The van der Waals surface area contributed by atoms with E-state index in [4.69, 9.17) is 9.47 Å². The Morgan fingerprint density at radius 2 is 1.90 bits per heavy atom. The highest BCUT2D eigenvalue weighted by atomic mass is 79.9. The molecule has 0 atom stereocenters. The van der Waals surface area contributed by atoms with Crippen molar-refractivity contribution in [2.75, 3.05) is 14.2 Å². The molecule has 0 amide bonds. The van der Waals surface area contributed by atoms with Crippen LogP contribution < -0.4 is 9.47 Å². The Balaban J connectivity index is 3.27. The fourth-order valence-corrected chi connectivity index (χ4v) is 2.20. The number of rotatable bonds is 6. The monoisotopic (exact) mass is 343 g/mol. The summed E-state index contributed by atoms with van der Waals surface area (Å²) < 4.78 is 11.1. The van der Waals surface area contributed by atoms with Crippen LogP contribution in [0.5, 0.6) is 11.5 Å². The van der Waals surface area contributed by atoms with Gasteiger partial charge in [0.1, 0.15) is 0 Å². The van der Waals surface area contributed by atoms with Crippen LogP contribution in [-0.4, -0.2) is 19.1 Å². The Bertz CT molecular complexity index is 526. The van der Waals surface area contributed by atoms with E-state index in [0.29, 0.717) is 23.5 Å². The van der Waals surface area contributed by atoms with Gasteiger partial charge < -0.3 is 9.47 Å². The molecule has 1 rings (SSSR count). The molecule has 5 nitrogen and oxygen atoms in total. The summed E-state index contributed by atoms with van der Waals surface area (Å²) in [4.78, 5) is 10.8. The molecule has 0 spiro atoms. The topological polar surface area (TPSA) is 61.6 Å². The van der Waals surface area contributed by atoms with Crippen LogP contribution in [0.3, 0.4) is 0 Å². The Hall–Kier alpha value is -1.56. The average molecular weight is 344 g/mol. The summed E-state index contributed by atoms with van der Waals surface area (Å²) >= 11 is 3.39. The van der Waals surface area contributed by atoms with E-state index in [1.54, 1.807) is 25.3 Å². The SMILES string of the molecule is COc1cc(Br)c(C=C(CC(C)C)[N+](=O)[O-])cc1OC. The number of nitro groups is 1. The number of hydrogen-bond acceptors (Lipinski definition) is 4. The van der Waals surface area contributed by atoms with Crippen LogP contribution >= 0.6 is 15.9 Å². The van der Waals surface area contributed by atoms with E-state index in [1.165, 1.54) is 7.11 Å². The van der Waals surface area contributed by atoms with Gasteiger partial charge in [0, 0.05) is 17.0 Å². The largest absolute Gasteiger partial charge is 0.493 e. The van der Waals surface area contributed by atoms with E-state index in [1.807, 2.05) is 13.8 Å². The van der Waals surface area contributed by atoms with Gasteiger partial charge in [-0.25, -0.2) is 0 Å². The normalized spacial score (nSPS) is 11.6. The van der Waals surface area contributed by atoms with Gasteiger partial charge in [0.2, 0.25) is 5.70 Å². The molecule has 6 heteroatoms. The number of halogens is 1. The van der Waals surface area contributed by atoms with Crippen molar-refractivity contribution >= 4 is 22.0 Å². The summed E-state index contributed by atoms with van der Waals surface area (Å²) in [6.07, 6.45) is 1.97. The van der Waals surface area contributed by atoms with E-state index in [9.17, 15) is 10.1 Å². The van der Waals surface area contributed by atoms with Crippen LogP contribution in [0.2, 0.25) is 0 Å². The van der Waals surface area contributed by atoms with Crippen molar-refractivity contribution in [1.29, 1.82) is 0 Å². The molecule has 20 heavy (non-hydrogen) atoms. The van der Waals surface area contributed by atoms with E-state index in [0.717, 1.165) is 4.47 Å². The van der Waals surface area contributed by atoms with E-state index in [-0.39, 0.29) is 16.5 Å². The molecule has 0 saturated heterocycles. The second kappa shape index (κ2) is 7.28. The number of methoxy groups -OCH3 is 2. The van der Waals surface area contributed by atoms with E-state index < -0.39 is 0 Å². The lowest BCUT2D eigenvalue weighted by Crippen LogP contribution is -2.02. The summed E-state index contributed by atoms with van der Waals surface area (Å²) in [5.74, 6) is 1.32. The highest BCUT2D eigenvalue weighted by Crippen LogP contribution is 2.34. The molecule has 0 aliphatic carbocycles. The first-order valence-corrected chi connectivity index (χ1v) is 6.94. The third-order valence-corrected chi connectivity index (χ3v) is 3.36. The van der Waals surface area contributed by atoms with Gasteiger partial charge >= 0.3 is 0 Å². The lowest BCUT2D eigenvalue weighted by Gasteiger charge is -2.10. The lowest BCUT2D eigenvalue weighted by molar-refractivity contribution is -0.427. The maximum absolute atomic E-state index is 11.1. The van der Waals surface area contributed by atoms with Gasteiger partial charge in [0.25, 0.3) is 0 Å². The third kappa shape index (κ3) is 4.23. The van der Waals surface area contributed by atoms with Gasteiger partial charge in [0.15, 0.2) is 11.5 Å². The van der Waals surface area contributed by atoms with Crippen LogP contribution in [0.1, 0.15) is 25.8 Å². The second-order valence-corrected chi connectivity index (χ2v) is 5.57. The van der Waals surface area contributed by atoms with Crippen molar-refractivity contribution in [3.63, 3.8) is 0 Å². The minimum absolute atomic E-state index is 0.174. The Kier molecular flexibility index (Phi) is 6.01. The maximum atomic E-state index is 11.1. The highest BCUT2D eigenvalue weighted by Gasteiger charge is 2.15. The van der Waals surface area contributed by atoms with Gasteiger partial charge in [-0.05, 0) is 23.6 Å². The predicted molar refractivity (Wildman–Crippen MR) is 81.7 cm³/mol. The smallest absolute Gasteiger partial charge is 0.247 e. The zero-order chi connectivity index (χ0) is 15.3. The first kappa shape index (κ1) is 16.5. The zero-order valence-electron chi connectivity index (χ0n) is 12.0. The number of allylic oxidation sites excluding steroid dienone is 1. The molecule has 0 aromatic heterocycles. The summed E-state index contributed by atoms with van der Waals surface area (Å²) in [7, 11) is 3.07. The van der Waals surface area contributed by atoms with Crippen LogP contribution in [-0.2, 0) is 0 Å². The standard InChI is InChI=1S/C14H18BrNO4/c1-9(2)5-11(16(17)18)6-10-7-13(19-3)14(20-4)8-12(10)15/h6-9H,5H2,1-4H3. The van der Waals surface area contributed by atoms with Crippen LogP contribution in [0.25, 0.3) is 6.08 Å². The summed E-state index contributed by atoms with van der Waals surface area (Å²) in [6.45, 7) is 3.89. The first-order valence-electron chi connectivity index (χ1n) is 6.15. The Morgan fingerprint density at radius 1 is 1.35 bits per heavy atom. The first-order chi connectivity index (χ1) is 9.38. The van der Waals surface area contributed by atoms with Crippen molar-refractivity contribution in [1.82, 2.24) is 0 Å². The second-order valence-electron chi connectivity index (χ2n) is 4.72. The van der Waals surface area contributed by atoms with E-state index >= 15 is 0 Å². The highest BCUT2D eigenvalue weighted by molar-refractivity contribution is 9.10. The predicted octanol–water partition coefficient (Wildman–Crippen LogP) is 4.13. The quantitative estimate of drug-likeness (QED) is 0.575. The molecule has 0 aliphatic heterocycles. The lowest BCUT2D eigenvalue weighted by atomic mass is 10.1. The molecular weight excluding hydrogens is 326 g/mol. The molecule has 0 bridgehead atoms. The molecule has 0 aliphatic rings. The number of ether oxygens (including phenoxy) is 2. The molecule has 1 aromatic carbocycles. The van der Waals surface area contributed by atoms with Crippen molar-refractivity contribution in [3.05, 3.63) is 38.0 Å². The van der Waals surface area contributed by atoms with Crippen molar-refractivity contribution in [2.24, 2.45) is 5.92 Å². The Labute approximate surface area is 126 Å². The molecule has 0 N–H and O–H groups in total. The van der Waals surface area contributed by atoms with Crippen LogP contribution in [0.4, 0.5) is 0 Å². The number of benzene rings is 1. The molecule has 0 radical (unpaired) electrons. The third-order valence-electron chi connectivity index (χ3n) is 2.68. The van der Waals surface area contributed by atoms with Crippen molar-refractivity contribution in [2.45, 2.75) is 20.3 Å². The van der Waals surface area contributed by atoms with Gasteiger partial charge in [0.05, 0.1) is 19.1 Å². The van der Waals surface area contributed by atoms with Crippen LogP contribution in [0, 0.1) is 16.0 Å². The fraction of sp³-hybridized carbons (Fsp3) is 0.429. The van der Waals surface area contributed by atoms with Crippen molar-refractivity contribution in [3.8, 4) is 11.5 Å². The number of nitrogens with zero attached hydrogens (tertiary/aromatic N) is 1. The zero-order valence-corrected chi connectivity index (χ0v) is 13.6. The molecule has 1 aromatic rings.